The molecule has 7 heteroatoms. The molecular formula is C20H24ClNO3S2. The number of thioether (sulfide) groups is 2. The number of benzene rings is 2. The molecule has 1 atom stereocenters. The molecule has 0 fully saturated rings. The number of methoxy groups -OCH3 is 2. The summed E-state index contributed by atoms with van der Waals surface area (Å²) in [5.41, 5.74) is 1.12. The summed E-state index contributed by atoms with van der Waals surface area (Å²) in [5.74, 6) is 3.03. The van der Waals surface area contributed by atoms with Crippen molar-refractivity contribution in [3.63, 3.8) is 0 Å². The smallest absolute Gasteiger partial charge is 0.233 e. The van der Waals surface area contributed by atoms with Crippen LogP contribution < -0.4 is 14.8 Å². The summed E-state index contributed by atoms with van der Waals surface area (Å²) >= 11 is 9.39. The highest BCUT2D eigenvalue weighted by molar-refractivity contribution is 8.00. The second-order valence-electron chi connectivity index (χ2n) is 5.71. The van der Waals surface area contributed by atoms with Crippen LogP contribution in [0.3, 0.4) is 0 Å². The Kier molecular flexibility index (Phi) is 9.18. The highest BCUT2D eigenvalue weighted by atomic mass is 35.5. The zero-order chi connectivity index (χ0) is 19.6. The van der Waals surface area contributed by atoms with Crippen molar-refractivity contribution in [2.45, 2.75) is 22.8 Å². The Labute approximate surface area is 174 Å². The van der Waals surface area contributed by atoms with Crippen molar-refractivity contribution in [1.29, 1.82) is 0 Å². The highest BCUT2D eigenvalue weighted by Crippen LogP contribution is 2.33. The first-order chi connectivity index (χ1) is 13.0. The molecule has 4 nitrogen and oxygen atoms in total. The molecule has 0 saturated heterocycles. The largest absolute Gasteiger partial charge is 0.493 e. The standard InChI is InChI=1S/C20H24ClNO3S2/c1-14(27-16-8-9-18(24-2)19(12-16)25-3)20(23)22-10-11-26-13-15-6-4-5-7-17(15)21/h4-9,12,14H,10-11,13H2,1-3H3,(H,22,23)/t14-/m1/s1. The van der Waals surface area contributed by atoms with Crippen LogP contribution in [0.4, 0.5) is 0 Å². The molecule has 0 radical (unpaired) electrons. The normalized spacial score (nSPS) is 11.7. The molecular weight excluding hydrogens is 402 g/mol. The minimum absolute atomic E-state index is 0.0214. The molecule has 27 heavy (non-hydrogen) atoms. The van der Waals surface area contributed by atoms with E-state index in [-0.39, 0.29) is 11.2 Å². The van der Waals surface area contributed by atoms with E-state index in [0.29, 0.717) is 18.0 Å². The fraction of sp³-hybridized carbons (Fsp3) is 0.350. The van der Waals surface area contributed by atoms with Gasteiger partial charge < -0.3 is 14.8 Å². The van der Waals surface area contributed by atoms with Gasteiger partial charge in [0, 0.05) is 28.0 Å². The molecule has 1 amide bonds. The first-order valence-electron chi connectivity index (χ1n) is 8.52. The maximum Gasteiger partial charge on any atom is 0.233 e. The molecule has 0 unspecified atom stereocenters. The van der Waals surface area contributed by atoms with Crippen molar-refractivity contribution >= 4 is 41.0 Å². The van der Waals surface area contributed by atoms with Gasteiger partial charge >= 0.3 is 0 Å². The number of carbonyl (C=O) groups is 1. The van der Waals surface area contributed by atoms with E-state index in [1.54, 1.807) is 26.0 Å². The number of rotatable bonds is 10. The van der Waals surface area contributed by atoms with Gasteiger partial charge in [-0.3, -0.25) is 4.79 Å². The van der Waals surface area contributed by atoms with E-state index in [1.165, 1.54) is 11.8 Å². The molecule has 1 N–H and O–H groups in total. The Bertz CT molecular complexity index is 758. The molecule has 0 heterocycles. The monoisotopic (exact) mass is 425 g/mol. The number of hydrogen-bond acceptors (Lipinski definition) is 5. The van der Waals surface area contributed by atoms with E-state index in [0.717, 1.165) is 27.0 Å². The average Bonchev–Trinajstić information content (AvgIpc) is 2.68. The third-order valence-electron chi connectivity index (χ3n) is 3.80. The van der Waals surface area contributed by atoms with E-state index in [9.17, 15) is 4.79 Å². The van der Waals surface area contributed by atoms with Crippen LogP contribution in [-0.4, -0.2) is 37.7 Å². The number of nitrogens with one attached hydrogen (secondary N) is 1. The quantitative estimate of drug-likeness (QED) is 0.434. The Balaban J connectivity index is 1.73. The highest BCUT2D eigenvalue weighted by Gasteiger charge is 2.15. The predicted octanol–water partition coefficient (Wildman–Crippen LogP) is 4.89. The first kappa shape index (κ1) is 21.8. The second-order valence-corrected chi connectivity index (χ2v) is 8.64. The minimum atomic E-state index is -0.198. The van der Waals surface area contributed by atoms with Crippen molar-refractivity contribution < 1.29 is 14.3 Å². The Morgan fingerprint density at radius 1 is 1.15 bits per heavy atom. The van der Waals surface area contributed by atoms with Crippen molar-refractivity contribution in [3.8, 4) is 11.5 Å². The van der Waals surface area contributed by atoms with Gasteiger partial charge in [-0.15, -0.1) is 11.8 Å². The molecule has 146 valence electrons. The van der Waals surface area contributed by atoms with Crippen LogP contribution in [0.15, 0.2) is 47.4 Å². The number of carbonyl (C=O) groups excluding carboxylic acids is 1. The Morgan fingerprint density at radius 3 is 2.59 bits per heavy atom. The Morgan fingerprint density at radius 2 is 1.89 bits per heavy atom. The number of ether oxygens (including phenoxy) is 2. The molecule has 0 aromatic heterocycles. The van der Waals surface area contributed by atoms with E-state index in [1.807, 2.05) is 49.4 Å². The number of hydrogen-bond donors (Lipinski definition) is 1. The summed E-state index contributed by atoms with van der Waals surface area (Å²) in [6.45, 7) is 2.53. The molecule has 0 saturated carbocycles. The van der Waals surface area contributed by atoms with Crippen molar-refractivity contribution in [1.82, 2.24) is 5.32 Å². The number of halogens is 1. The van der Waals surface area contributed by atoms with Crippen molar-refractivity contribution in [3.05, 3.63) is 53.1 Å². The lowest BCUT2D eigenvalue weighted by Crippen LogP contribution is -2.32. The maximum absolute atomic E-state index is 12.3. The van der Waals surface area contributed by atoms with Gasteiger partial charge in [0.1, 0.15) is 0 Å². The van der Waals surface area contributed by atoms with Crippen LogP contribution in [0.25, 0.3) is 0 Å². The lowest BCUT2D eigenvalue weighted by atomic mass is 10.2. The molecule has 0 spiro atoms. The maximum atomic E-state index is 12.3. The molecule has 0 bridgehead atoms. The lowest BCUT2D eigenvalue weighted by Gasteiger charge is -2.14. The van der Waals surface area contributed by atoms with Crippen LogP contribution >= 0.6 is 35.1 Å². The summed E-state index contributed by atoms with van der Waals surface area (Å²) in [5, 5.41) is 3.57. The fourth-order valence-electron chi connectivity index (χ4n) is 2.34. The van der Waals surface area contributed by atoms with Gasteiger partial charge in [-0.2, -0.15) is 11.8 Å². The van der Waals surface area contributed by atoms with Gasteiger partial charge in [-0.25, -0.2) is 0 Å². The zero-order valence-corrected chi connectivity index (χ0v) is 18.0. The summed E-state index contributed by atoms with van der Waals surface area (Å²) in [4.78, 5) is 13.3. The summed E-state index contributed by atoms with van der Waals surface area (Å²) in [6.07, 6.45) is 0. The van der Waals surface area contributed by atoms with Gasteiger partial charge in [-0.05, 0) is 36.8 Å². The second kappa shape index (κ2) is 11.4. The molecule has 0 aliphatic heterocycles. The van der Waals surface area contributed by atoms with Crippen molar-refractivity contribution in [2.75, 3.05) is 26.5 Å². The van der Waals surface area contributed by atoms with E-state index >= 15 is 0 Å². The van der Waals surface area contributed by atoms with Gasteiger partial charge in [0.15, 0.2) is 11.5 Å². The average molecular weight is 426 g/mol. The van der Waals surface area contributed by atoms with Crippen LogP contribution in [0.5, 0.6) is 11.5 Å². The van der Waals surface area contributed by atoms with Crippen LogP contribution in [0, 0.1) is 0 Å². The van der Waals surface area contributed by atoms with Crippen LogP contribution in [0.2, 0.25) is 5.02 Å². The first-order valence-corrected chi connectivity index (χ1v) is 10.9. The van der Waals surface area contributed by atoms with E-state index < -0.39 is 0 Å². The minimum Gasteiger partial charge on any atom is -0.493 e. The van der Waals surface area contributed by atoms with E-state index in [4.69, 9.17) is 21.1 Å². The SMILES string of the molecule is COc1ccc(S[C@H](C)C(=O)NCCSCc2ccccc2Cl)cc1OC. The molecule has 2 aromatic rings. The number of amides is 1. The topological polar surface area (TPSA) is 47.6 Å². The summed E-state index contributed by atoms with van der Waals surface area (Å²) < 4.78 is 10.5. The predicted molar refractivity (Wildman–Crippen MR) is 115 cm³/mol. The summed E-state index contributed by atoms with van der Waals surface area (Å²) in [6, 6.07) is 13.5. The zero-order valence-electron chi connectivity index (χ0n) is 15.7. The van der Waals surface area contributed by atoms with Crippen LogP contribution in [0.1, 0.15) is 12.5 Å². The third kappa shape index (κ3) is 6.87. The summed E-state index contributed by atoms with van der Waals surface area (Å²) in [7, 11) is 3.20. The van der Waals surface area contributed by atoms with Gasteiger partial charge in [0.2, 0.25) is 5.91 Å². The van der Waals surface area contributed by atoms with E-state index in [2.05, 4.69) is 5.32 Å². The van der Waals surface area contributed by atoms with Gasteiger partial charge in [0.25, 0.3) is 0 Å². The Hall–Kier alpha value is -1.50. The fourth-order valence-corrected chi connectivity index (χ4v) is 4.40. The lowest BCUT2D eigenvalue weighted by molar-refractivity contribution is -0.120. The third-order valence-corrected chi connectivity index (χ3v) is 6.27. The molecule has 2 aromatic carbocycles. The van der Waals surface area contributed by atoms with Crippen molar-refractivity contribution in [2.24, 2.45) is 0 Å². The van der Waals surface area contributed by atoms with Gasteiger partial charge in [0.05, 0.1) is 19.5 Å². The molecule has 2 rings (SSSR count). The molecule has 0 aliphatic rings. The van der Waals surface area contributed by atoms with Crippen LogP contribution in [-0.2, 0) is 10.5 Å². The van der Waals surface area contributed by atoms with Gasteiger partial charge in [-0.1, -0.05) is 29.8 Å². The molecule has 0 aliphatic carbocycles.